The van der Waals surface area contributed by atoms with E-state index in [4.69, 9.17) is 14.5 Å². The number of tetrazole rings is 1. The van der Waals surface area contributed by atoms with Gasteiger partial charge in [-0.15, -0.1) is 10.2 Å². The van der Waals surface area contributed by atoms with Crippen LogP contribution in [0.3, 0.4) is 0 Å². The maximum absolute atomic E-state index is 14.5. The molecule has 1 unspecified atom stereocenters. The number of aryl methyl sites for hydroxylation is 1. The van der Waals surface area contributed by atoms with E-state index in [-0.39, 0.29) is 17.3 Å². The Hall–Kier alpha value is -4.96. The Morgan fingerprint density at radius 2 is 1.93 bits per heavy atom. The second kappa shape index (κ2) is 11.9. The van der Waals surface area contributed by atoms with Crippen LogP contribution in [0.1, 0.15) is 37.7 Å². The topological polar surface area (TPSA) is 153 Å². The van der Waals surface area contributed by atoms with E-state index in [1.807, 2.05) is 11.0 Å². The van der Waals surface area contributed by atoms with E-state index >= 15 is 0 Å². The number of methoxy groups -OCH3 is 1. The first-order valence-corrected chi connectivity index (χ1v) is 14.5. The molecule has 0 bridgehead atoms. The van der Waals surface area contributed by atoms with Crippen LogP contribution in [0.15, 0.2) is 42.6 Å². The smallest absolute Gasteiger partial charge is 0.295 e. The summed E-state index contributed by atoms with van der Waals surface area (Å²) >= 11 is 0. The number of benzene rings is 1. The first-order valence-electron chi connectivity index (χ1n) is 14.5. The molecular weight excluding hydrogens is 588 g/mol. The van der Waals surface area contributed by atoms with Gasteiger partial charge >= 0.3 is 0 Å². The molecule has 16 heteroatoms. The molecule has 2 fully saturated rings. The number of halogens is 2. The summed E-state index contributed by atoms with van der Waals surface area (Å²) in [6, 6.07) is 10.8. The number of alkyl halides is 2. The van der Waals surface area contributed by atoms with Crippen molar-refractivity contribution in [2.45, 2.75) is 38.0 Å². The predicted molar refractivity (Wildman–Crippen MR) is 161 cm³/mol. The third-order valence-corrected chi connectivity index (χ3v) is 7.78. The average molecular weight is 620 g/mol. The molecule has 2 aliphatic rings. The highest BCUT2D eigenvalue weighted by molar-refractivity contribution is 5.92. The lowest BCUT2D eigenvalue weighted by Gasteiger charge is -2.37. The van der Waals surface area contributed by atoms with Crippen LogP contribution >= 0.6 is 0 Å². The molecule has 7 rings (SSSR count). The van der Waals surface area contributed by atoms with E-state index < -0.39 is 18.5 Å². The van der Waals surface area contributed by atoms with Gasteiger partial charge in [0.1, 0.15) is 23.4 Å². The molecule has 0 saturated carbocycles. The molecule has 0 spiro atoms. The fourth-order valence-electron chi connectivity index (χ4n) is 5.62. The predicted octanol–water partition coefficient (Wildman–Crippen LogP) is 4.33. The van der Waals surface area contributed by atoms with Gasteiger partial charge in [-0.05, 0) is 48.7 Å². The molecule has 3 N–H and O–H groups in total. The molecule has 45 heavy (non-hydrogen) atoms. The molecule has 6 heterocycles. The van der Waals surface area contributed by atoms with Crippen LogP contribution < -0.4 is 20.3 Å². The summed E-state index contributed by atoms with van der Waals surface area (Å²) in [7, 11) is 3.19. The largest absolute Gasteiger partial charge is 0.494 e. The van der Waals surface area contributed by atoms with Gasteiger partial charge < -0.3 is 30.1 Å². The van der Waals surface area contributed by atoms with Crippen molar-refractivity contribution in [2.75, 3.05) is 42.3 Å². The van der Waals surface area contributed by atoms with Gasteiger partial charge in [0.25, 0.3) is 6.43 Å². The van der Waals surface area contributed by atoms with E-state index in [1.165, 1.54) is 16.5 Å². The van der Waals surface area contributed by atoms with Gasteiger partial charge in [0.2, 0.25) is 5.82 Å². The van der Waals surface area contributed by atoms with Crippen LogP contribution in [0.25, 0.3) is 22.6 Å². The number of nitrogens with zero attached hydrogens (tertiary/aromatic N) is 9. The number of hydrogen-bond acceptors (Lipinski definition) is 12. The standard InChI is InChI=1S/C29H31F2N11O3/c1-40-38-27(37-39-40)18-6-5-7-19(25(18)44-2)33-20-12-22(34-21-10-9-16(13-32-21)41-14-17(43)15-41)35-28-24(20)36-29(26(30)31)42(28)23-8-3-4-11-45-23/h5-7,9-10,12-13,17,23,26,43H,3-4,8,11,14-15H2,1-2H3,(H2,32,33,34,35). The highest BCUT2D eigenvalue weighted by Gasteiger charge is 2.30. The van der Waals surface area contributed by atoms with Crippen molar-refractivity contribution in [3.05, 3.63) is 48.4 Å². The van der Waals surface area contributed by atoms with Crippen LogP contribution in [-0.4, -0.2) is 77.7 Å². The summed E-state index contributed by atoms with van der Waals surface area (Å²) in [5, 5.41) is 28.5. The molecule has 2 aliphatic heterocycles. The van der Waals surface area contributed by atoms with Crippen LogP contribution in [-0.2, 0) is 11.8 Å². The Kier molecular flexibility index (Phi) is 7.58. The lowest BCUT2D eigenvalue weighted by molar-refractivity contribution is -0.0363. The number of aliphatic hydroxyl groups is 1. The Labute approximate surface area is 256 Å². The number of anilines is 5. The van der Waals surface area contributed by atoms with Gasteiger partial charge in [0.05, 0.1) is 49.1 Å². The molecule has 5 aromatic rings. The van der Waals surface area contributed by atoms with Gasteiger partial charge in [-0.1, -0.05) is 6.07 Å². The zero-order valence-corrected chi connectivity index (χ0v) is 24.6. The van der Waals surface area contributed by atoms with Gasteiger partial charge in [0, 0.05) is 25.8 Å². The van der Waals surface area contributed by atoms with E-state index in [0.29, 0.717) is 66.3 Å². The van der Waals surface area contributed by atoms with Crippen LogP contribution in [0.2, 0.25) is 0 Å². The highest BCUT2D eigenvalue weighted by Crippen LogP contribution is 2.40. The summed E-state index contributed by atoms with van der Waals surface area (Å²) in [6.45, 7) is 1.57. The van der Waals surface area contributed by atoms with Gasteiger partial charge in [-0.3, -0.25) is 4.57 Å². The van der Waals surface area contributed by atoms with E-state index in [9.17, 15) is 13.9 Å². The Balaban J connectivity index is 1.32. The van der Waals surface area contributed by atoms with Crippen molar-refractivity contribution < 1.29 is 23.4 Å². The normalized spacial score (nSPS) is 17.1. The molecule has 0 aliphatic carbocycles. The maximum Gasteiger partial charge on any atom is 0.295 e. The first kappa shape index (κ1) is 28.8. The van der Waals surface area contributed by atoms with E-state index in [2.05, 4.69) is 36.0 Å². The highest BCUT2D eigenvalue weighted by atomic mass is 19.3. The van der Waals surface area contributed by atoms with Crippen LogP contribution in [0.5, 0.6) is 5.75 Å². The molecule has 234 valence electrons. The zero-order valence-electron chi connectivity index (χ0n) is 24.6. The van der Waals surface area contributed by atoms with Gasteiger partial charge in [0.15, 0.2) is 17.2 Å². The number of aromatic nitrogens is 8. The third-order valence-electron chi connectivity index (χ3n) is 7.78. The Morgan fingerprint density at radius 1 is 1.07 bits per heavy atom. The third kappa shape index (κ3) is 5.57. The SMILES string of the molecule is COc1c(Nc2cc(Nc3ccc(N4CC(O)C4)cn3)nc3c2nc(C(F)F)n3C2CCCCO2)cccc1-c1nnn(C)n1. The number of pyridine rings is 2. The number of fused-ring (bicyclic) bond motifs is 1. The van der Waals surface area contributed by atoms with Crippen LogP contribution in [0.4, 0.5) is 37.5 Å². The molecule has 0 amide bonds. The van der Waals surface area contributed by atoms with Gasteiger partial charge in [-0.25, -0.2) is 23.7 Å². The summed E-state index contributed by atoms with van der Waals surface area (Å²) in [5.74, 6) is 1.23. The first-order chi connectivity index (χ1) is 21.9. The summed E-state index contributed by atoms with van der Waals surface area (Å²) in [6.07, 6.45) is 0.129. The molecule has 1 aromatic carbocycles. The number of para-hydroxylation sites is 1. The minimum Gasteiger partial charge on any atom is -0.494 e. The Morgan fingerprint density at radius 3 is 2.60 bits per heavy atom. The fraction of sp³-hybridized carbons (Fsp3) is 0.379. The van der Waals surface area contributed by atoms with Crippen molar-refractivity contribution >= 4 is 39.9 Å². The molecule has 2 saturated heterocycles. The van der Waals surface area contributed by atoms with Crippen LogP contribution in [0, 0.1) is 0 Å². The minimum absolute atomic E-state index is 0.238. The number of ether oxygens (including phenoxy) is 2. The van der Waals surface area contributed by atoms with Crippen molar-refractivity contribution in [3.63, 3.8) is 0 Å². The number of hydrogen-bond donors (Lipinski definition) is 3. The zero-order chi connectivity index (χ0) is 31.1. The summed E-state index contributed by atoms with van der Waals surface area (Å²) < 4.78 is 42.0. The molecule has 0 radical (unpaired) electrons. The Bertz CT molecular complexity index is 1820. The van der Waals surface area contributed by atoms with Crippen molar-refractivity contribution in [2.24, 2.45) is 7.05 Å². The number of β-amino-alcohol motifs (C(OH)–C–C–N with tert-alkyl or cyclic N) is 1. The number of rotatable bonds is 9. The lowest BCUT2D eigenvalue weighted by atomic mass is 10.1. The second-order valence-corrected chi connectivity index (χ2v) is 10.9. The number of imidazole rings is 1. The number of nitrogens with one attached hydrogen (secondary N) is 2. The molecule has 14 nitrogen and oxygen atoms in total. The fourth-order valence-corrected chi connectivity index (χ4v) is 5.62. The maximum atomic E-state index is 14.5. The van der Waals surface area contributed by atoms with Gasteiger partial charge in [-0.2, -0.15) is 4.80 Å². The molecular formula is C29H31F2N11O3. The van der Waals surface area contributed by atoms with Crippen molar-refractivity contribution in [1.29, 1.82) is 0 Å². The quantitative estimate of drug-likeness (QED) is 0.215. The van der Waals surface area contributed by atoms with Crippen molar-refractivity contribution in [1.82, 2.24) is 39.7 Å². The van der Waals surface area contributed by atoms with E-state index in [0.717, 1.165) is 18.5 Å². The minimum atomic E-state index is -2.86. The second-order valence-electron chi connectivity index (χ2n) is 10.9. The number of aliphatic hydroxyl groups excluding tert-OH is 1. The summed E-state index contributed by atoms with van der Waals surface area (Å²) in [4.78, 5) is 17.0. The summed E-state index contributed by atoms with van der Waals surface area (Å²) in [5.41, 5.74) is 2.90. The average Bonchev–Trinajstić information content (AvgIpc) is 3.64. The molecule has 4 aromatic heterocycles. The molecule has 1 atom stereocenters. The lowest BCUT2D eigenvalue weighted by Crippen LogP contribution is -2.50. The van der Waals surface area contributed by atoms with E-state index in [1.54, 1.807) is 43.6 Å². The monoisotopic (exact) mass is 619 g/mol. The van der Waals surface area contributed by atoms with Crippen molar-refractivity contribution in [3.8, 4) is 17.1 Å².